The number of benzene rings is 1. The number of imidazole rings is 1. The van der Waals surface area contributed by atoms with Crippen LogP contribution in [-0.4, -0.2) is 14.5 Å². The minimum Gasteiger partial charge on any atom is -0.467 e. The number of nitrogens with one attached hydrogen (secondary N) is 1. The van der Waals surface area contributed by atoms with Gasteiger partial charge in [0.2, 0.25) is 5.43 Å². The van der Waals surface area contributed by atoms with E-state index in [4.69, 9.17) is 4.42 Å². The maximum Gasteiger partial charge on any atom is 0.217 e. The van der Waals surface area contributed by atoms with E-state index < -0.39 is 0 Å². The molecule has 0 unspecified atom stereocenters. The van der Waals surface area contributed by atoms with Gasteiger partial charge in [-0.25, -0.2) is 4.98 Å². The molecule has 4 rings (SSSR count). The van der Waals surface area contributed by atoms with Crippen molar-refractivity contribution in [2.75, 3.05) is 0 Å². The van der Waals surface area contributed by atoms with E-state index in [1.54, 1.807) is 12.6 Å². The summed E-state index contributed by atoms with van der Waals surface area (Å²) in [6.07, 6.45) is 3.30. The molecule has 104 valence electrons. The fourth-order valence-corrected chi connectivity index (χ4v) is 2.58. The lowest BCUT2D eigenvalue weighted by Gasteiger charge is -2.04. The molecular formula is C16H13N3O2. The smallest absolute Gasteiger partial charge is 0.217 e. The van der Waals surface area contributed by atoms with Crippen molar-refractivity contribution in [2.24, 2.45) is 0 Å². The van der Waals surface area contributed by atoms with Crippen molar-refractivity contribution in [3.63, 3.8) is 0 Å². The average molecular weight is 279 g/mol. The van der Waals surface area contributed by atoms with Crippen molar-refractivity contribution in [3.05, 3.63) is 64.5 Å². The normalized spacial score (nSPS) is 11.5. The van der Waals surface area contributed by atoms with Gasteiger partial charge in [0.15, 0.2) is 5.52 Å². The van der Waals surface area contributed by atoms with Crippen LogP contribution in [0.3, 0.4) is 0 Å². The van der Waals surface area contributed by atoms with Crippen LogP contribution in [0.25, 0.3) is 22.1 Å². The molecule has 0 aliphatic rings. The summed E-state index contributed by atoms with van der Waals surface area (Å²) in [4.78, 5) is 20.1. The Morgan fingerprint density at radius 3 is 3.05 bits per heavy atom. The zero-order chi connectivity index (χ0) is 14.4. The number of nitrogens with zero attached hydrogens (tertiary/aromatic N) is 2. The highest BCUT2D eigenvalue weighted by Crippen LogP contribution is 2.16. The van der Waals surface area contributed by atoms with Crippen LogP contribution in [0.15, 0.2) is 52.1 Å². The molecule has 0 bridgehead atoms. The number of aromatic nitrogens is 3. The zero-order valence-electron chi connectivity index (χ0n) is 11.5. The highest BCUT2D eigenvalue weighted by Gasteiger charge is 2.11. The molecule has 0 fully saturated rings. The first kappa shape index (κ1) is 12.0. The van der Waals surface area contributed by atoms with Gasteiger partial charge in [-0.3, -0.25) is 4.79 Å². The standard InChI is InChI=1S/C16H13N3O2/c1-10-4-5-13-12(7-10)15(20)14-16(18-13)19(9-17-14)8-11-3-2-6-21-11/h2-7,9H,8H2,1H3,(H,18,20). The molecule has 1 N–H and O–H groups in total. The van der Waals surface area contributed by atoms with Crippen LogP contribution >= 0.6 is 0 Å². The molecule has 1 aromatic carbocycles. The molecule has 0 aliphatic carbocycles. The minimum atomic E-state index is -0.0411. The van der Waals surface area contributed by atoms with Crippen LogP contribution in [0, 0.1) is 6.92 Å². The monoisotopic (exact) mass is 279 g/mol. The lowest BCUT2D eigenvalue weighted by molar-refractivity contribution is 0.495. The average Bonchev–Trinajstić information content (AvgIpc) is 3.11. The van der Waals surface area contributed by atoms with Gasteiger partial charge >= 0.3 is 0 Å². The van der Waals surface area contributed by atoms with Gasteiger partial charge in [-0.05, 0) is 31.2 Å². The number of aromatic amines is 1. The Labute approximate surface area is 119 Å². The van der Waals surface area contributed by atoms with Gasteiger partial charge in [-0.15, -0.1) is 0 Å². The summed E-state index contributed by atoms with van der Waals surface area (Å²) in [5, 5.41) is 0.672. The molecular weight excluding hydrogens is 266 g/mol. The molecule has 4 aromatic rings. The number of hydrogen-bond donors (Lipinski definition) is 1. The summed E-state index contributed by atoms with van der Waals surface area (Å²) < 4.78 is 7.23. The molecule has 5 heteroatoms. The fourth-order valence-electron chi connectivity index (χ4n) is 2.58. The lowest BCUT2D eigenvalue weighted by atomic mass is 10.1. The van der Waals surface area contributed by atoms with Gasteiger partial charge < -0.3 is 14.0 Å². The van der Waals surface area contributed by atoms with Gasteiger partial charge in [0.1, 0.15) is 11.4 Å². The Hall–Kier alpha value is -2.82. The van der Waals surface area contributed by atoms with Gasteiger partial charge in [0.25, 0.3) is 0 Å². The third kappa shape index (κ3) is 1.86. The number of furan rings is 1. The number of rotatable bonds is 2. The Bertz CT molecular complexity index is 994. The van der Waals surface area contributed by atoms with Gasteiger partial charge in [-0.1, -0.05) is 11.6 Å². The van der Waals surface area contributed by atoms with Crippen LogP contribution in [0.4, 0.5) is 0 Å². The molecule has 3 heterocycles. The highest BCUT2D eigenvalue weighted by molar-refractivity contribution is 5.89. The molecule has 0 saturated carbocycles. The molecule has 0 aliphatic heterocycles. The van der Waals surface area contributed by atoms with Crippen molar-refractivity contribution in [1.82, 2.24) is 14.5 Å². The maximum atomic E-state index is 12.5. The van der Waals surface area contributed by atoms with Crippen molar-refractivity contribution in [3.8, 4) is 0 Å². The molecule has 0 amide bonds. The van der Waals surface area contributed by atoms with Crippen LogP contribution in [-0.2, 0) is 6.54 Å². The lowest BCUT2D eigenvalue weighted by Crippen LogP contribution is -2.06. The quantitative estimate of drug-likeness (QED) is 0.613. The second kappa shape index (κ2) is 4.34. The predicted octanol–water partition coefficient (Wildman–Crippen LogP) is 2.83. The topological polar surface area (TPSA) is 63.8 Å². The van der Waals surface area contributed by atoms with Crippen LogP contribution in [0.5, 0.6) is 0 Å². The van der Waals surface area contributed by atoms with E-state index in [-0.39, 0.29) is 5.43 Å². The van der Waals surface area contributed by atoms with E-state index in [0.717, 1.165) is 16.8 Å². The Balaban J connectivity index is 1.97. The molecule has 21 heavy (non-hydrogen) atoms. The summed E-state index contributed by atoms with van der Waals surface area (Å²) >= 11 is 0. The molecule has 5 nitrogen and oxygen atoms in total. The molecule has 0 spiro atoms. The molecule has 0 saturated heterocycles. The Kier molecular flexibility index (Phi) is 2.47. The fraction of sp³-hybridized carbons (Fsp3) is 0.125. The van der Waals surface area contributed by atoms with E-state index in [1.807, 2.05) is 41.8 Å². The minimum absolute atomic E-state index is 0.0411. The predicted molar refractivity (Wildman–Crippen MR) is 80.4 cm³/mol. The summed E-state index contributed by atoms with van der Waals surface area (Å²) in [5.74, 6) is 0.819. The number of pyridine rings is 1. The SMILES string of the molecule is Cc1ccc2[nH]c3c(ncn3Cc3ccco3)c(=O)c2c1. The first-order chi connectivity index (χ1) is 10.2. The third-order valence-electron chi connectivity index (χ3n) is 3.63. The number of H-pyrrole nitrogens is 1. The van der Waals surface area contributed by atoms with Crippen molar-refractivity contribution in [2.45, 2.75) is 13.5 Å². The maximum absolute atomic E-state index is 12.5. The largest absolute Gasteiger partial charge is 0.467 e. The summed E-state index contributed by atoms with van der Waals surface area (Å²) in [7, 11) is 0. The number of hydrogen-bond acceptors (Lipinski definition) is 3. The third-order valence-corrected chi connectivity index (χ3v) is 3.63. The number of fused-ring (bicyclic) bond motifs is 2. The van der Waals surface area contributed by atoms with E-state index >= 15 is 0 Å². The molecule has 0 radical (unpaired) electrons. The van der Waals surface area contributed by atoms with E-state index in [2.05, 4.69) is 9.97 Å². The summed E-state index contributed by atoms with van der Waals surface area (Å²) in [6, 6.07) is 9.54. The van der Waals surface area contributed by atoms with Crippen molar-refractivity contribution in [1.29, 1.82) is 0 Å². The highest BCUT2D eigenvalue weighted by atomic mass is 16.3. The van der Waals surface area contributed by atoms with Crippen LogP contribution in [0.1, 0.15) is 11.3 Å². The van der Waals surface area contributed by atoms with Gasteiger partial charge in [0.05, 0.1) is 24.7 Å². The van der Waals surface area contributed by atoms with Crippen molar-refractivity contribution >= 4 is 22.1 Å². The van der Waals surface area contributed by atoms with Gasteiger partial charge in [-0.2, -0.15) is 0 Å². The second-order valence-corrected chi connectivity index (χ2v) is 5.15. The first-order valence-corrected chi connectivity index (χ1v) is 6.72. The Morgan fingerprint density at radius 2 is 2.24 bits per heavy atom. The van der Waals surface area contributed by atoms with Crippen LogP contribution in [0.2, 0.25) is 0 Å². The van der Waals surface area contributed by atoms with E-state index in [9.17, 15) is 4.79 Å². The second-order valence-electron chi connectivity index (χ2n) is 5.15. The van der Waals surface area contributed by atoms with E-state index in [0.29, 0.717) is 23.1 Å². The zero-order valence-corrected chi connectivity index (χ0v) is 11.5. The molecule has 3 aromatic heterocycles. The van der Waals surface area contributed by atoms with E-state index in [1.165, 1.54) is 0 Å². The Morgan fingerprint density at radius 1 is 1.33 bits per heavy atom. The number of aryl methyl sites for hydroxylation is 1. The first-order valence-electron chi connectivity index (χ1n) is 6.72. The summed E-state index contributed by atoms with van der Waals surface area (Å²) in [5.41, 5.74) is 3.01. The van der Waals surface area contributed by atoms with Crippen molar-refractivity contribution < 1.29 is 4.42 Å². The molecule has 0 atom stereocenters. The van der Waals surface area contributed by atoms with Crippen LogP contribution < -0.4 is 5.43 Å². The summed E-state index contributed by atoms with van der Waals surface area (Å²) in [6.45, 7) is 2.51. The van der Waals surface area contributed by atoms with Gasteiger partial charge in [0, 0.05) is 5.39 Å².